The monoisotopic (exact) mass is 386 g/mol. The third-order valence-electron chi connectivity index (χ3n) is 4.74. The Kier molecular flexibility index (Phi) is 4.48. The number of benzene rings is 1. The molecule has 3 amide bonds. The average molecular weight is 387 g/mol. The summed E-state index contributed by atoms with van der Waals surface area (Å²) in [5, 5.41) is 11.2. The standard InChI is InChI=1S/C16H14ClF3N4O2/c1-8-11(3-2-9(6-21)13(8)17)24-7-12-10(4-5-23(12)15(24)26)22-14(25)16(18,19)20/h2-3,10,12H,4-5,7H2,1H3,(H,22,25)/t10-,12-/m1/s1. The Labute approximate surface area is 152 Å². The van der Waals surface area contributed by atoms with Gasteiger partial charge in [-0.1, -0.05) is 11.6 Å². The van der Waals surface area contributed by atoms with Gasteiger partial charge in [0.1, 0.15) is 6.07 Å². The summed E-state index contributed by atoms with van der Waals surface area (Å²) in [6.45, 7) is 2.05. The molecule has 2 aliphatic rings. The van der Waals surface area contributed by atoms with E-state index in [9.17, 15) is 22.8 Å². The lowest BCUT2D eigenvalue weighted by Gasteiger charge is -2.22. The molecule has 6 nitrogen and oxygen atoms in total. The topological polar surface area (TPSA) is 76.4 Å². The van der Waals surface area contributed by atoms with Gasteiger partial charge >= 0.3 is 18.1 Å². The fourth-order valence-corrected chi connectivity index (χ4v) is 3.61. The quantitative estimate of drug-likeness (QED) is 0.848. The number of amides is 3. The predicted molar refractivity (Wildman–Crippen MR) is 86.7 cm³/mol. The molecule has 2 fully saturated rings. The second-order valence-corrected chi connectivity index (χ2v) is 6.58. The second kappa shape index (κ2) is 6.36. The summed E-state index contributed by atoms with van der Waals surface area (Å²) < 4.78 is 37.5. The summed E-state index contributed by atoms with van der Waals surface area (Å²) in [6.07, 6.45) is -4.70. The molecule has 2 aliphatic heterocycles. The van der Waals surface area contributed by atoms with Gasteiger partial charge in [-0.05, 0) is 31.0 Å². The van der Waals surface area contributed by atoms with Crippen molar-refractivity contribution in [2.75, 3.05) is 18.0 Å². The smallest absolute Gasteiger partial charge is 0.343 e. The molecule has 10 heteroatoms. The molecule has 0 saturated carbocycles. The van der Waals surface area contributed by atoms with Crippen LogP contribution in [0, 0.1) is 18.3 Å². The summed E-state index contributed by atoms with van der Waals surface area (Å²) in [6, 6.07) is 3.34. The minimum Gasteiger partial charge on any atom is -0.343 e. The summed E-state index contributed by atoms with van der Waals surface area (Å²) in [7, 11) is 0. The number of nitrogens with zero attached hydrogens (tertiary/aromatic N) is 3. The van der Waals surface area contributed by atoms with Crippen molar-refractivity contribution in [1.82, 2.24) is 10.2 Å². The van der Waals surface area contributed by atoms with Gasteiger partial charge in [0.05, 0.1) is 29.2 Å². The van der Waals surface area contributed by atoms with Gasteiger partial charge in [0.2, 0.25) is 0 Å². The van der Waals surface area contributed by atoms with Gasteiger partial charge < -0.3 is 10.2 Å². The molecule has 0 radical (unpaired) electrons. The van der Waals surface area contributed by atoms with Crippen molar-refractivity contribution in [3.8, 4) is 6.07 Å². The molecule has 1 N–H and O–H groups in total. The van der Waals surface area contributed by atoms with Gasteiger partial charge in [0.25, 0.3) is 0 Å². The van der Waals surface area contributed by atoms with Crippen molar-refractivity contribution < 1.29 is 22.8 Å². The van der Waals surface area contributed by atoms with Crippen LogP contribution in [0.25, 0.3) is 0 Å². The Morgan fingerprint density at radius 1 is 1.42 bits per heavy atom. The van der Waals surface area contributed by atoms with Gasteiger partial charge in [-0.25, -0.2) is 4.79 Å². The summed E-state index contributed by atoms with van der Waals surface area (Å²) in [5.74, 6) is -2.01. The summed E-state index contributed by atoms with van der Waals surface area (Å²) in [4.78, 5) is 26.7. The number of carbonyl (C=O) groups is 2. The van der Waals surface area contributed by atoms with E-state index in [0.717, 1.165) is 0 Å². The highest BCUT2D eigenvalue weighted by atomic mass is 35.5. The van der Waals surface area contributed by atoms with Crippen LogP contribution in [-0.4, -0.2) is 48.2 Å². The fourth-order valence-electron chi connectivity index (χ4n) is 3.41. The van der Waals surface area contributed by atoms with E-state index in [1.165, 1.54) is 15.9 Å². The number of carbonyl (C=O) groups excluding carboxylic acids is 2. The van der Waals surface area contributed by atoms with Gasteiger partial charge in [-0.2, -0.15) is 18.4 Å². The zero-order valence-electron chi connectivity index (χ0n) is 13.6. The van der Waals surface area contributed by atoms with Crippen LogP contribution in [0.4, 0.5) is 23.7 Å². The third-order valence-corrected chi connectivity index (χ3v) is 5.22. The molecule has 3 rings (SSSR count). The van der Waals surface area contributed by atoms with E-state index in [1.54, 1.807) is 13.0 Å². The summed E-state index contributed by atoms with van der Waals surface area (Å²) >= 11 is 6.14. The molecule has 0 unspecified atom stereocenters. The van der Waals surface area contributed by atoms with E-state index in [2.05, 4.69) is 0 Å². The van der Waals surface area contributed by atoms with Crippen molar-refractivity contribution in [3.63, 3.8) is 0 Å². The van der Waals surface area contributed by atoms with Crippen LogP contribution < -0.4 is 10.2 Å². The number of hydrogen-bond acceptors (Lipinski definition) is 3. The largest absolute Gasteiger partial charge is 0.471 e. The number of halogens is 4. The molecule has 1 aromatic carbocycles. The van der Waals surface area contributed by atoms with Crippen molar-refractivity contribution in [1.29, 1.82) is 5.26 Å². The average Bonchev–Trinajstić information content (AvgIpc) is 3.10. The Bertz CT molecular complexity index is 821. The molecule has 2 saturated heterocycles. The van der Waals surface area contributed by atoms with E-state index in [0.29, 0.717) is 11.3 Å². The van der Waals surface area contributed by atoms with E-state index >= 15 is 0 Å². The summed E-state index contributed by atoms with van der Waals surface area (Å²) in [5.41, 5.74) is 1.31. The van der Waals surface area contributed by atoms with Gasteiger partial charge in [0.15, 0.2) is 0 Å². The molecule has 0 bridgehead atoms. The van der Waals surface area contributed by atoms with Crippen molar-refractivity contribution >= 4 is 29.2 Å². The molecule has 0 aliphatic carbocycles. The van der Waals surface area contributed by atoms with Crippen molar-refractivity contribution in [2.45, 2.75) is 31.6 Å². The van der Waals surface area contributed by atoms with Crippen LogP contribution in [0.5, 0.6) is 0 Å². The number of alkyl halides is 3. The lowest BCUT2D eigenvalue weighted by atomic mass is 10.1. The Hall–Kier alpha value is -2.47. The number of hydrogen-bond donors (Lipinski definition) is 1. The first-order chi connectivity index (χ1) is 12.1. The van der Waals surface area contributed by atoms with E-state index < -0.39 is 24.2 Å². The maximum atomic E-state index is 12.6. The zero-order chi connectivity index (χ0) is 19.2. The lowest BCUT2D eigenvalue weighted by Crippen LogP contribution is -2.48. The normalized spacial score (nSPS) is 22.4. The van der Waals surface area contributed by atoms with Crippen LogP contribution in [0.3, 0.4) is 0 Å². The number of urea groups is 1. The van der Waals surface area contributed by atoms with Crippen LogP contribution in [0.15, 0.2) is 12.1 Å². The number of nitrogens with one attached hydrogen (secondary N) is 1. The molecule has 2 atom stereocenters. The first-order valence-electron chi connectivity index (χ1n) is 7.80. The molecule has 1 aromatic rings. The Morgan fingerprint density at radius 3 is 2.73 bits per heavy atom. The number of rotatable bonds is 2. The van der Waals surface area contributed by atoms with Crippen molar-refractivity contribution in [3.05, 3.63) is 28.3 Å². The van der Waals surface area contributed by atoms with E-state index in [1.807, 2.05) is 11.4 Å². The van der Waals surface area contributed by atoms with Crippen LogP contribution in [0.1, 0.15) is 17.5 Å². The minimum atomic E-state index is -4.97. The Balaban J connectivity index is 1.83. The molecule has 0 spiro atoms. The maximum Gasteiger partial charge on any atom is 0.471 e. The van der Waals surface area contributed by atoms with Crippen LogP contribution in [-0.2, 0) is 4.79 Å². The first kappa shape index (κ1) is 18.3. The molecule has 0 aromatic heterocycles. The Morgan fingerprint density at radius 2 is 2.12 bits per heavy atom. The maximum absolute atomic E-state index is 12.6. The fraction of sp³-hybridized carbons (Fsp3) is 0.438. The minimum absolute atomic E-state index is 0.130. The van der Waals surface area contributed by atoms with E-state index in [4.69, 9.17) is 16.9 Å². The molecular formula is C16H14ClF3N4O2. The molecule has 26 heavy (non-hydrogen) atoms. The highest BCUT2D eigenvalue weighted by Gasteiger charge is 2.49. The van der Waals surface area contributed by atoms with E-state index in [-0.39, 0.29) is 36.1 Å². The first-order valence-corrected chi connectivity index (χ1v) is 8.18. The predicted octanol–water partition coefficient (Wildman–Crippen LogP) is 2.58. The highest BCUT2D eigenvalue weighted by molar-refractivity contribution is 6.33. The lowest BCUT2D eigenvalue weighted by molar-refractivity contribution is -0.174. The number of anilines is 1. The van der Waals surface area contributed by atoms with Crippen LogP contribution in [0.2, 0.25) is 5.02 Å². The zero-order valence-corrected chi connectivity index (χ0v) is 14.4. The molecular weight excluding hydrogens is 373 g/mol. The van der Waals surface area contributed by atoms with Gasteiger partial charge in [0, 0.05) is 12.2 Å². The third kappa shape index (κ3) is 2.94. The number of nitriles is 1. The highest BCUT2D eigenvalue weighted by Crippen LogP contribution is 2.35. The SMILES string of the molecule is Cc1c(N2C[C@@H]3[C@H](NC(=O)C(F)(F)F)CCN3C2=O)ccc(C#N)c1Cl. The molecule has 138 valence electrons. The van der Waals surface area contributed by atoms with Crippen LogP contribution >= 0.6 is 11.6 Å². The second-order valence-electron chi connectivity index (χ2n) is 6.20. The van der Waals surface area contributed by atoms with Gasteiger partial charge in [-0.3, -0.25) is 9.69 Å². The molecule has 2 heterocycles. The van der Waals surface area contributed by atoms with Crippen molar-refractivity contribution in [2.24, 2.45) is 0 Å². The van der Waals surface area contributed by atoms with Gasteiger partial charge in [-0.15, -0.1) is 0 Å². The number of fused-ring (bicyclic) bond motifs is 1.